The van der Waals surface area contributed by atoms with Crippen LogP contribution in [0.4, 0.5) is 5.69 Å². The molecular weight excluding hydrogens is 348 g/mol. The van der Waals surface area contributed by atoms with Gasteiger partial charge < -0.3 is 15.6 Å². The Balaban J connectivity index is 2.41. The van der Waals surface area contributed by atoms with Crippen LogP contribution in [-0.4, -0.2) is 44.1 Å². The van der Waals surface area contributed by atoms with E-state index in [0.717, 1.165) is 0 Å². The molecule has 0 saturated carbocycles. The van der Waals surface area contributed by atoms with Gasteiger partial charge in [0.2, 0.25) is 10.0 Å². The molecule has 0 amide bonds. The average Bonchev–Trinajstić information content (AvgIpc) is 2.41. The molecule has 1 heterocycles. The first-order valence-electron chi connectivity index (χ1n) is 6.17. The van der Waals surface area contributed by atoms with Gasteiger partial charge in [0.05, 0.1) is 13.2 Å². The summed E-state index contributed by atoms with van der Waals surface area (Å²) < 4.78 is 32.3. The minimum Gasteiger partial charge on any atom is -0.495 e. The standard InChI is InChI=1S/C12H17BrN2O4S/c1-19-11-6-9(13)10(14)7-12(11)20(17,18)15-4-2-8(16)3-5-15/h6-8,16H,2-5,14H2,1H3. The van der Waals surface area contributed by atoms with Crippen LogP contribution < -0.4 is 10.5 Å². The van der Waals surface area contributed by atoms with E-state index >= 15 is 0 Å². The number of sulfonamides is 1. The highest BCUT2D eigenvalue weighted by molar-refractivity contribution is 9.10. The molecule has 1 aliphatic rings. The van der Waals surface area contributed by atoms with Gasteiger partial charge in [-0.25, -0.2) is 8.42 Å². The van der Waals surface area contributed by atoms with E-state index in [1.54, 1.807) is 6.07 Å². The fourth-order valence-corrected chi connectivity index (χ4v) is 4.10. The molecule has 8 heteroatoms. The molecule has 2 rings (SSSR count). The third kappa shape index (κ3) is 2.93. The normalized spacial score (nSPS) is 18.1. The van der Waals surface area contributed by atoms with Crippen molar-refractivity contribution in [3.8, 4) is 5.75 Å². The Bertz CT molecular complexity index is 598. The SMILES string of the molecule is COc1cc(Br)c(N)cc1S(=O)(=O)N1CCC(O)CC1. The van der Waals surface area contributed by atoms with Crippen LogP contribution in [-0.2, 0) is 10.0 Å². The first-order valence-corrected chi connectivity index (χ1v) is 8.40. The molecule has 1 saturated heterocycles. The largest absolute Gasteiger partial charge is 0.495 e. The molecule has 1 fully saturated rings. The molecule has 0 spiro atoms. The monoisotopic (exact) mass is 364 g/mol. The van der Waals surface area contributed by atoms with E-state index in [0.29, 0.717) is 36.1 Å². The summed E-state index contributed by atoms with van der Waals surface area (Å²) >= 11 is 3.25. The van der Waals surface area contributed by atoms with Crippen LogP contribution in [0.2, 0.25) is 0 Å². The zero-order chi connectivity index (χ0) is 14.9. The number of nitrogen functional groups attached to an aromatic ring is 1. The van der Waals surface area contributed by atoms with Crippen LogP contribution in [0.5, 0.6) is 5.75 Å². The van der Waals surface area contributed by atoms with Crippen molar-refractivity contribution in [1.29, 1.82) is 0 Å². The van der Waals surface area contributed by atoms with Gasteiger partial charge in [-0.2, -0.15) is 4.31 Å². The summed E-state index contributed by atoms with van der Waals surface area (Å²) in [6.45, 7) is 0.589. The summed E-state index contributed by atoms with van der Waals surface area (Å²) in [5.74, 6) is 0.247. The molecule has 112 valence electrons. The number of benzene rings is 1. The van der Waals surface area contributed by atoms with Crippen LogP contribution in [0, 0.1) is 0 Å². The number of ether oxygens (including phenoxy) is 1. The number of halogens is 1. The van der Waals surface area contributed by atoms with Gasteiger partial charge in [0.1, 0.15) is 10.6 Å². The van der Waals surface area contributed by atoms with E-state index in [1.807, 2.05) is 0 Å². The van der Waals surface area contributed by atoms with Gasteiger partial charge in [0.15, 0.2) is 0 Å². The highest BCUT2D eigenvalue weighted by Gasteiger charge is 2.31. The van der Waals surface area contributed by atoms with Gasteiger partial charge in [-0.05, 0) is 40.9 Å². The predicted octanol–water partition coefficient (Wildman–Crippen LogP) is 1.19. The van der Waals surface area contributed by atoms with Crippen LogP contribution >= 0.6 is 15.9 Å². The Hall–Kier alpha value is -0.830. The fourth-order valence-electron chi connectivity index (χ4n) is 2.13. The van der Waals surface area contributed by atoms with Crippen molar-refractivity contribution >= 4 is 31.6 Å². The first-order chi connectivity index (χ1) is 9.36. The van der Waals surface area contributed by atoms with E-state index in [2.05, 4.69) is 15.9 Å². The van der Waals surface area contributed by atoms with Gasteiger partial charge in [-0.3, -0.25) is 0 Å². The van der Waals surface area contributed by atoms with Gasteiger partial charge in [0, 0.05) is 23.2 Å². The number of aliphatic hydroxyl groups excluding tert-OH is 1. The molecule has 1 aromatic rings. The molecule has 0 aromatic heterocycles. The molecule has 1 aliphatic heterocycles. The summed E-state index contributed by atoms with van der Waals surface area (Å²) in [6.07, 6.45) is 0.444. The number of nitrogens with two attached hydrogens (primary N) is 1. The predicted molar refractivity (Wildman–Crippen MR) is 79.1 cm³/mol. The number of aliphatic hydroxyl groups is 1. The van der Waals surface area contributed by atoms with E-state index in [-0.39, 0.29) is 10.6 Å². The molecule has 0 aliphatic carbocycles. The minimum absolute atomic E-state index is 0.0529. The fraction of sp³-hybridized carbons (Fsp3) is 0.500. The van der Waals surface area contributed by atoms with Gasteiger partial charge >= 0.3 is 0 Å². The van der Waals surface area contributed by atoms with Crippen molar-refractivity contribution in [3.05, 3.63) is 16.6 Å². The lowest BCUT2D eigenvalue weighted by atomic mass is 10.1. The van der Waals surface area contributed by atoms with Gasteiger partial charge in [0.25, 0.3) is 0 Å². The smallest absolute Gasteiger partial charge is 0.246 e. The van der Waals surface area contributed by atoms with Crippen LogP contribution in [0.1, 0.15) is 12.8 Å². The molecule has 1 aromatic carbocycles. The Labute approximate surface area is 126 Å². The molecule has 6 nitrogen and oxygen atoms in total. The van der Waals surface area contributed by atoms with Gasteiger partial charge in [-0.15, -0.1) is 0 Å². The average molecular weight is 365 g/mol. The topological polar surface area (TPSA) is 92.9 Å². The van der Waals surface area contributed by atoms with Crippen molar-refractivity contribution < 1.29 is 18.3 Å². The Morgan fingerprint density at radius 1 is 1.40 bits per heavy atom. The van der Waals surface area contributed by atoms with Crippen molar-refractivity contribution in [2.24, 2.45) is 0 Å². The molecule has 0 atom stereocenters. The Kier molecular flexibility index (Phi) is 4.58. The second-order valence-corrected chi connectivity index (χ2v) is 7.42. The zero-order valence-corrected chi connectivity index (χ0v) is 13.4. The highest BCUT2D eigenvalue weighted by Crippen LogP contribution is 2.34. The van der Waals surface area contributed by atoms with Crippen LogP contribution in [0.15, 0.2) is 21.5 Å². The number of piperidine rings is 1. The van der Waals surface area contributed by atoms with Gasteiger partial charge in [-0.1, -0.05) is 0 Å². The van der Waals surface area contributed by atoms with Crippen molar-refractivity contribution in [3.63, 3.8) is 0 Å². The summed E-state index contributed by atoms with van der Waals surface area (Å²) in [6, 6.07) is 2.93. The molecule has 3 N–H and O–H groups in total. The lowest BCUT2D eigenvalue weighted by Gasteiger charge is -2.29. The minimum atomic E-state index is -3.67. The molecular formula is C12H17BrN2O4S. The summed E-state index contributed by atoms with van der Waals surface area (Å²) in [4.78, 5) is 0.0529. The second kappa shape index (κ2) is 5.88. The number of anilines is 1. The summed E-state index contributed by atoms with van der Waals surface area (Å²) in [5.41, 5.74) is 6.10. The number of hydrogen-bond acceptors (Lipinski definition) is 5. The maximum atomic E-state index is 12.6. The number of rotatable bonds is 3. The summed E-state index contributed by atoms with van der Waals surface area (Å²) in [5, 5.41) is 9.47. The lowest BCUT2D eigenvalue weighted by Crippen LogP contribution is -2.40. The third-order valence-electron chi connectivity index (χ3n) is 3.32. The maximum absolute atomic E-state index is 12.6. The van der Waals surface area contributed by atoms with Crippen molar-refractivity contribution in [1.82, 2.24) is 4.31 Å². The van der Waals surface area contributed by atoms with E-state index in [1.165, 1.54) is 17.5 Å². The zero-order valence-electron chi connectivity index (χ0n) is 11.0. The van der Waals surface area contributed by atoms with E-state index in [4.69, 9.17) is 10.5 Å². The second-order valence-electron chi connectivity index (χ2n) is 4.66. The van der Waals surface area contributed by atoms with Crippen molar-refractivity contribution in [2.75, 3.05) is 25.9 Å². The Morgan fingerprint density at radius 3 is 2.55 bits per heavy atom. The highest BCUT2D eigenvalue weighted by atomic mass is 79.9. The third-order valence-corrected chi connectivity index (χ3v) is 5.93. The van der Waals surface area contributed by atoms with E-state index < -0.39 is 16.1 Å². The molecule has 0 unspecified atom stereocenters. The van der Waals surface area contributed by atoms with Crippen LogP contribution in [0.3, 0.4) is 0 Å². The Morgan fingerprint density at radius 2 is 2.00 bits per heavy atom. The lowest BCUT2D eigenvalue weighted by molar-refractivity contribution is 0.113. The summed E-state index contributed by atoms with van der Waals surface area (Å²) in [7, 11) is -2.26. The maximum Gasteiger partial charge on any atom is 0.246 e. The number of methoxy groups -OCH3 is 1. The van der Waals surface area contributed by atoms with Crippen LogP contribution in [0.25, 0.3) is 0 Å². The first kappa shape index (κ1) is 15.6. The molecule has 0 radical (unpaired) electrons. The quantitative estimate of drug-likeness (QED) is 0.785. The van der Waals surface area contributed by atoms with E-state index in [9.17, 15) is 13.5 Å². The molecule has 0 bridgehead atoms. The molecule has 20 heavy (non-hydrogen) atoms. The number of nitrogens with zero attached hydrogens (tertiary/aromatic N) is 1. The number of hydrogen-bond donors (Lipinski definition) is 2. The van der Waals surface area contributed by atoms with Crippen molar-refractivity contribution in [2.45, 2.75) is 23.8 Å².